The molecule has 5 nitrogen and oxygen atoms in total. The Labute approximate surface area is 245 Å². The van der Waals surface area contributed by atoms with E-state index in [9.17, 15) is 4.79 Å². The SMILES string of the molecule is CCC(C)(C)CC(C(=O)O[B]N=C1C=CC(=C(c2ccc(N)cc2)c2ccc(N)cc2)c2ccccc21)C(C)(C)C. The predicted octanol–water partition coefficient (Wildman–Crippen LogP) is 7.74. The number of benzene rings is 3. The summed E-state index contributed by atoms with van der Waals surface area (Å²) in [5.41, 5.74) is 20.2. The molecule has 0 saturated heterocycles. The van der Waals surface area contributed by atoms with Gasteiger partial charge in [-0.15, -0.1) is 0 Å². The molecule has 4 N–H and O–H groups in total. The van der Waals surface area contributed by atoms with Crippen LogP contribution in [0.3, 0.4) is 0 Å². The summed E-state index contributed by atoms with van der Waals surface area (Å²) in [7, 11) is 1.30. The molecule has 3 aromatic rings. The summed E-state index contributed by atoms with van der Waals surface area (Å²) in [4.78, 5) is 17.8. The van der Waals surface area contributed by atoms with E-state index in [4.69, 9.17) is 16.1 Å². The summed E-state index contributed by atoms with van der Waals surface area (Å²) in [6.45, 7) is 12.8. The van der Waals surface area contributed by atoms with Crippen LogP contribution in [0.2, 0.25) is 0 Å². The molecule has 41 heavy (non-hydrogen) atoms. The lowest BCUT2D eigenvalue weighted by Gasteiger charge is -2.35. The van der Waals surface area contributed by atoms with Crippen molar-refractivity contribution in [3.8, 4) is 0 Å². The molecule has 0 amide bonds. The van der Waals surface area contributed by atoms with Crippen LogP contribution >= 0.6 is 0 Å². The van der Waals surface area contributed by atoms with E-state index in [2.05, 4.69) is 58.6 Å². The van der Waals surface area contributed by atoms with Gasteiger partial charge in [-0.05, 0) is 75.4 Å². The summed E-state index contributed by atoms with van der Waals surface area (Å²) < 4.78 is 5.65. The first kappa shape index (κ1) is 29.9. The first-order valence-corrected chi connectivity index (χ1v) is 14.2. The van der Waals surface area contributed by atoms with Crippen LogP contribution in [-0.2, 0) is 9.45 Å². The second kappa shape index (κ2) is 12.2. The number of nitrogens with zero attached hydrogens (tertiary/aromatic N) is 1. The molecule has 6 heteroatoms. The summed E-state index contributed by atoms with van der Waals surface area (Å²) in [5, 5.41) is 0. The van der Waals surface area contributed by atoms with E-state index >= 15 is 0 Å². The number of hydrogen-bond donors (Lipinski definition) is 2. The van der Waals surface area contributed by atoms with Gasteiger partial charge in [0.05, 0.1) is 11.6 Å². The van der Waals surface area contributed by atoms with Crippen LogP contribution in [0.4, 0.5) is 11.4 Å². The van der Waals surface area contributed by atoms with Gasteiger partial charge in [-0.3, -0.25) is 9.70 Å². The second-order valence-corrected chi connectivity index (χ2v) is 12.6. The molecule has 0 bridgehead atoms. The highest BCUT2D eigenvalue weighted by molar-refractivity contribution is 6.35. The van der Waals surface area contributed by atoms with Crippen molar-refractivity contribution in [2.24, 2.45) is 21.7 Å². The van der Waals surface area contributed by atoms with E-state index in [0.717, 1.165) is 52.0 Å². The van der Waals surface area contributed by atoms with Crippen molar-refractivity contribution in [3.05, 3.63) is 107 Å². The van der Waals surface area contributed by atoms with E-state index in [1.54, 1.807) is 0 Å². The Bertz CT molecular complexity index is 1430. The third-order valence-corrected chi connectivity index (χ3v) is 7.97. The van der Waals surface area contributed by atoms with E-state index in [-0.39, 0.29) is 22.7 Å². The number of nitrogen functional groups attached to an aromatic ring is 2. The Hall–Kier alpha value is -4.06. The van der Waals surface area contributed by atoms with Crippen LogP contribution in [0.5, 0.6) is 0 Å². The topological polar surface area (TPSA) is 90.7 Å². The second-order valence-electron chi connectivity index (χ2n) is 12.6. The molecule has 211 valence electrons. The maximum Gasteiger partial charge on any atom is 0.544 e. The minimum Gasteiger partial charge on any atom is -0.515 e. The Morgan fingerprint density at radius 3 is 1.88 bits per heavy atom. The molecular weight excluding hydrogens is 505 g/mol. The first-order chi connectivity index (χ1) is 19.4. The van der Waals surface area contributed by atoms with Gasteiger partial charge in [0.25, 0.3) is 5.97 Å². The zero-order valence-corrected chi connectivity index (χ0v) is 25.1. The number of carbonyl (C=O) groups excluding carboxylic acids is 1. The number of rotatable bonds is 8. The fourth-order valence-electron chi connectivity index (χ4n) is 5.05. The average molecular weight is 547 g/mol. The van der Waals surface area contributed by atoms with Crippen molar-refractivity contribution in [2.75, 3.05) is 11.5 Å². The van der Waals surface area contributed by atoms with Crippen molar-refractivity contribution >= 4 is 41.8 Å². The highest BCUT2D eigenvalue weighted by atomic mass is 16.5. The smallest absolute Gasteiger partial charge is 0.515 e. The summed E-state index contributed by atoms with van der Waals surface area (Å²) in [5.74, 6) is -0.481. The van der Waals surface area contributed by atoms with Gasteiger partial charge < -0.3 is 16.1 Å². The first-order valence-electron chi connectivity index (χ1n) is 14.2. The molecular formula is C35H41BN3O2. The standard InChI is InChI=1S/C35H41BN3O2/c1-7-35(5,6)22-30(34(2,3)4)33(40)41-36-39-31-21-20-29(27-10-8-9-11-28(27)31)32(23-12-16-25(37)17-13-23)24-14-18-26(38)19-15-24/h8-21,30H,7,22,37-38H2,1-6H3. The zero-order valence-electron chi connectivity index (χ0n) is 25.1. The van der Waals surface area contributed by atoms with Crippen LogP contribution in [0.1, 0.15) is 76.6 Å². The quantitative estimate of drug-likeness (QED) is 0.223. The third-order valence-electron chi connectivity index (χ3n) is 7.97. The molecule has 1 atom stereocenters. The summed E-state index contributed by atoms with van der Waals surface area (Å²) in [6, 6.07) is 23.9. The molecule has 0 aromatic heterocycles. The molecule has 1 unspecified atom stereocenters. The number of hydrogen-bond acceptors (Lipinski definition) is 5. The molecule has 0 heterocycles. The zero-order chi connectivity index (χ0) is 29.8. The monoisotopic (exact) mass is 546 g/mol. The predicted molar refractivity (Wildman–Crippen MR) is 173 cm³/mol. The minimum absolute atomic E-state index is 0.0449. The van der Waals surface area contributed by atoms with Gasteiger partial charge in [0.2, 0.25) is 0 Å². The normalized spacial score (nSPS) is 14.9. The molecule has 1 radical (unpaired) electrons. The fourth-order valence-corrected chi connectivity index (χ4v) is 5.05. The molecule has 1 aliphatic carbocycles. The molecule has 0 aliphatic heterocycles. The van der Waals surface area contributed by atoms with Gasteiger partial charge in [0, 0.05) is 16.9 Å². The van der Waals surface area contributed by atoms with Gasteiger partial charge in [-0.25, -0.2) is 0 Å². The van der Waals surface area contributed by atoms with Crippen LogP contribution in [0.15, 0.2) is 89.9 Å². The summed E-state index contributed by atoms with van der Waals surface area (Å²) >= 11 is 0. The number of carbonyl (C=O) groups is 1. The van der Waals surface area contributed by atoms with E-state index < -0.39 is 0 Å². The summed E-state index contributed by atoms with van der Waals surface area (Å²) in [6.07, 6.45) is 5.79. The molecule has 0 saturated carbocycles. The van der Waals surface area contributed by atoms with Gasteiger partial charge in [-0.2, -0.15) is 0 Å². The Morgan fingerprint density at radius 1 is 0.829 bits per heavy atom. The Kier molecular flexibility index (Phi) is 8.91. The van der Waals surface area contributed by atoms with Gasteiger partial charge in [0.1, 0.15) is 0 Å². The third kappa shape index (κ3) is 7.18. The van der Waals surface area contributed by atoms with E-state index in [1.807, 2.05) is 72.8 Å². The Balaban J connectivity index is 1.69. The minimum atomic E-state index is -0.244. The largest absolute Gasteiger partial charge is 0.544 e. The van der Waals surface area contributed by atoms with Crippen LogP contribution < -0.4 is 11.5 Å². The number of anilines is 2. The van der Waals surface area contributed by atoms with Crippen molar-refractivity contribution < 1.29 is 9.45 Å². The van der Waals surface area contributed by atoms with Gasteiger partial charge in [0.15, 0.2) is 0 Å². The molecule has 1 aliphatic rings. The van der Waals surface area contributed by atoms with Crippen molar-refractivity contribution in [1.82, 2.24) is 0 Å². The lowest BCUT2D eigenvalue weighted by molar-refractivity contribution is -0.144. The molecule has 4 rings (SSSR count). The maximum atomic E-state index is 13.2. The van der Waals surface area contributed by atoms with Crippen LogP contribution in [-0.4, -0.2) is 19.3 Å². The highest BCUT2D eigenvalue weighted by Crippen LogP contribution is 2.39. The molecule has 3 aromatic carbocycles. The van der Waals surface area contributed by atoms with Crippen LogP contribution in [0, 0.1) is 16.7 Å². The van der Waals surface area contributed by atoms with E-state index in [0.29, 0.717) is 11.4 Å². The van der Waals surface area contributed by atoms with Crippen LogP contribution in [0.25, 0.3) is 11.1 Å². The van der Waals surface area contributed by atoms with Crippen molar-refractivity contribution in [2.45, 2.75) is 54.4 Å². The van der Waals surface area contributed by atoms with Crippen molar-refractivity contribution in [3.63, 3.8) is 0 Å². The number of allylic oxidation sites excluding steroid dienone is 3. The lowest BCUT2D eigenvalue weighted by Crippen LogP contribution is -2.34. The van der Waals surface area contributed by atoms with Gasteiger partial charge in [-0.1, -0.05) is 103 Å². The van der Waals surface area contributed by atoms with Crippen molar-refractivity contribution in [1.29, 1.82) is 0 Å². The average Bonchev–Trinajstić information content (AvgIpc) is 2.94. The number of fused-ring (bicyclic) bond motifs is 1. The van der Waals surface area contributed by atoms with E-state index in [1.165, 1.54) is 7.62 Å². The Morgan fingerprint density at radius 2 is 1.37 bits per heavy atom. The number of nitrogens with two attached hydrogens (primary N) is 2. The lowest BCUT2D eigenvalue weighted by atomic mass is 9.70. The fraction of sp³-hybridized carbons (Fsp3) is 0.314. The van der Waals surface area contributed by atoms with Gasteiger partial charge >= 0.3 is 7.62 Å². The molecule has 0 spiro atoms. The molecule has 0 fully saturated rings. The maximum absolute atomic E-state index is 13.2. The highest BCUT2D eigenvalue weighted by Gasteiger charge is 2.36.